The summed E-state index contributed by atoms with van der Waals surface area (Å²) in [6.07, 6.45) is 0. The van der Waals surface area contributed by atoms with Crippen molar-refractivity contribution in [1.29, 1.82) is 0 Å². The van der Waals surface area contributed by atoms with E-state index in [2.05, 4.69) is 5.32 Å². The van der Waals surface area contributed by atoms with Crippen LogP contribution in [0.4, 0.5) is 19.3 Å². The SMILES string of the molecule is O=C(O)CN1CCN(C(=O)Nc2cc(F)ccc2F)CC1. The van der Waals surface area contributed by atoms with Crippen LogP contribution in [0, 0.1) is 11.6 Å². The van der Waals surface area contributed by atoms with Crippen molar-refractivity contribution < 1.29 is 23.5 Å². The van der Waals surface area contributed by atoms with Gasteiger partial charge < -0.3 is 15.3 Å². The van der Waals surface area contributed by atoms with Crippen LogP contribution >= 0.6 is 0 Å². The van der Waals surface area contributed by atoms with Gasteiger partial charge in [-0.05, 0) is 12.1 Å². The Morgan fingerprint density at radius 3 is 2.48 bits per heavy atom. The average Bonchev–Trinajstić information content (AvgIpc) is 2.43. The van der Waals surface area contributed by atoms with E-state index in [0.29, 0.717) is 26.2 Å². The molecule has 1 aromatic carbocycles. The zero-order valence-corrected chi connectivity index (χ0v) is 11.2. The molecule has 0 aromatic heterocycles. The van der Waals surface area contributed by atoms with Gasteiger partial charge in [-0.25, -0.2) is 13.6 Å². The van der Waals surface area contributed by atoms with Crippen LogP contribution in [0.1, 0.15) is 0 Å². The van der Waals surface area contributed by atoms with Gasteiger partial charge >= 0.3 is 12.0 Å². The van der Waals surface area contributed by atoms with Gasteiger partial charge in [0.1, 0.15) is 11.6 Å². The summed E-state index contributed by atoms with van der Waals surface area (Å²) < 4.78 is 26.4. The summed E-state index contributed by atoms with van der Waals surface area (Å²) in [4.78, 5) is 25.7. The lowest BCUT2D eigenvalue weighted by molar-refractivity contribution is -0.138. The van der Waals surface area contributed by atoms with Crippen molar-refractivity contribution in [2.45, 2.75) is 0 Å². The lowest BCUT2D eigenvalue weighted by Gasteiger charge is -2.33. The molecule has 0 unspecified atom stereocenters. The Kier molecular flexibility index (Phi) is 4.69. The van der Waals surface area contributed by atoms with E-state index in [0.717, 1.165) is 18.2 Å². The first kappa shape index (κ1) is 15.2. The van der Waals surface area contributed by atoms with Crippen LogP contribution < -0.4 is 5.32 Å². The summed E-state index contributed by atoms with van der Waals surface area (Å²) in [5, 5.41) is 11.0. The second-order valence-electron chi connectivity index (χ2n) is 4.71. The number of piperazine rings is 1. The molecule has 8 heteroatoms. The van der Waals surface area contributed by atoms with Crippen molar-refractivity contribution in [3.8, 4) is 0 Å². The van der Waals surface area contributed by atoms with Gasteiger partial charge in [-0.15, -0.1) is 0 Å². The van der Waals surface area contributed by atoms with E-state index in [4.69, 9.17) is 5.11 Å². The second kappa shape index (κ2) is 6.49. The Morgan fingerprint density at radius 1 is 1.19 bits per heavy atom. The maximum absolute atomic E-state index is 13.4. The number of aliphatic carboxylic acids is 1. The lowest BCUT2D eigenvalue weighted by Crippen LogP contribution is -2.51. The molecule has 6 nitrogen and oxygen atoms in total. The number of hydrogen-bond donors (Lipinski definition) is 2. The van der Waals surface area contributed by atoms with E-state index >= 15 is 0 Å². The quantitative estimate of drug-likeness (QED) is 0.879. The number of hydrogen-bond acceptors (Lipinski definition) is 3. The van der Waals surface area contributed by atoms with Crippen LogP contribution in [0.5, 0.6) is 0 Å². The van der Waals surface area contributed by atoms with Crippen LogP contribution in [0.15, 0.2) is 18.2 Å². The number of halogens is 2. The molecule has 114 valence electrons. The van der Waals surface area contributed by atoms with E-state index < -0.39 is 23.6 Å². The number of carboxylic acids is 1. The van der Waals surface area contributed by atoms with Gasteiger partial charge in [0.15, 0.2) is 0 Å². The molecule has 0 saturated carbocycles. The van der Waals surface area contributed by atoms with Crippen LogP contribution in [0.3, 0.4) is 0 Å². The normalized spacial score (nSPS) is 15.8. The number of carboxylic acid groups (broad SMARTS) is 1. The number of nitrogens with one attached hydrogen (secondary N) is 1. The molecule has 1 heterocycles. The smallest absolute Gasteiger partial charge is 0.322 e. The molecule has 0 radical (unpaired) electrons. The molecule has 2 rings (SSSR count). The molecule has 21 heavy (non-hydrogen) atoms. The first-order valence-electron chi connectivity index (χ1n) is 6.41. The van der Waals surface area contributed by atoms with Gasteiger partial charge in [0.25, 0.3) is 0 Å². The van der Waals surface area contributed by atoms with Crippen LogP contribution in [0.25, 0.3) is 0 Å². The second-order valence-corrected chi connectivity index (χ2v) is 4.71. The maximum atomic E-state index is 13.4. The fourth-order valence-electron chi connectivity index (χ4n) is 2.09. The van der Waals surface area contributed by atoms with Crippen LogP contribution in [0.2, 0.25) is 0 Å². The minimum Gasteiger partial charge on any atom is -0.480 e. The van der Waals surface area contributed by atoms with E-state index in [9.17, 15) is 18.4 Å². The highest BCUT2D eigenvalue weighted by Crippen LogP contribution is 2.16. The summed E-state index contributed by atoms with van der Waals surface area (Å²) >= 11 is 0. The fraction of sp³-hybridized carbons (Fsp3) is 0.385. The monoisotopic (exact) mass is 299 g/mol. The Morgan fingerprint density at radius 2 is 1.86 bits per heavy atom. The molecule has 1 fully saturated rings. The zero-order valence-electron chi connectivity index (χ0n) is 11.2. The highest BCUT2D eigenvalue weighted by Gasteiger charge is 2.22. The molecule has 1 aliphatic rings. The number of carbonyl (C=O) groups excluding carboxylic acids is 1. The van der Waals surface area contributed by atoms with E-state index in [1.54, 1.807) is 4.90 Å². The van der Waals surface area contributed by atoms with Crippen molar-refractivity contribution in [1.82, 2.24) is 9.80 Å². The summed E-state index contributed by atoms with van der Waals surface area (Å²) in [7, 11) is 0. The van der Waals surface area contributed by atoms with Crippen molar-refractivity contribution >= 4 is 17.7 Å². The topological polar surface area (TPSA) is 72.9 Å². The molecule has 1 aliphatic heterocycles. The molecule has 1 aromatic rings. The van der Waals surface area contributed by atoms with E-state index in [-0.39, 0.29) is 12.2 Å². The Balaban J connectivity index is 1.90. The molecule has 2 amide bonds. The number of benzene rings is 1. The van der Waals surface area contributed by atoms with Gasteiger partial charge in [0, 0.05) is 32.2 Å². The molecular formula is C13H15F2N3O3. The minimum absolute atomic E-state index is 0.0754. The fourth-order valence-corrected chi connectivity index (χ4v) is 2.09. The highest BCUT2D eigenvalue weighted by atomic mass is 19.1. The molecule has 1 saturated heterocycles. The Hall–Kier alpha value is -2.22. The van der Waals surface area contributed by atoms with E-state index in [1.807, 2.05) is 0 Å². The van der Waals surface area contributed by atoms with Gasteiger partial charge in [0.05, 0.1) is 12.2 Å². The predicted octanol–water partition coefficient (Wildman–Crippen LogP) is 1.20. The lowest BCUT2D eigenvalue weighted by atomic mass is 10.3. The van der Waals surface area contributed by atoms with Crippen LogP contribution in [-0.2, 0) is 4.79 Å². The summed E-state index contributed by atoms with van der Waals surface area (Å²) in [5.41, 5.74) is -0.215. The predicted molar refractivity (Wildman–Crippen MR) is 71.0 cm³/mol. The third kappa shape index (κ3) is 4.12. The molecule has 2 N–H and O–H groups in total. The minimum atomic E-state index is -0.922. The zero-order chi connectivity index (χ0) is 15.4. The third-order valence-corrected chi connectivity index (χ3v) is 3.19. The van der Waals surface area contributed by atoms with Gasteiger partial charge in [0.2, 0.25) is 0 Å². The molecular weight excluding hydrogens is 284 g/mol. The largest absolute Gasteiger partial charge is 0.480 e. The number of anilines is 1. The highest BCUT2D eigenvalue weighted by molar-refractivity contribution is 5.89. The van der Waals surface area contributed by atoms with Crippen LogP contribution in [-0.4, -0.2) is 59.6 Å². The first-order chi connectivity index (χ1) is 9.95. The molecule has 0 spiro atoms. The van der Waals surface area contributed by atoms with E-state index in [1.165, 1.54) is 4.90 Å². The summed E-state index contributed by atoms with van der Waals surface area (Å²) in [5.74, 6) is -2.28. The Bertz CT molecular complexity index is 545. The number of rotatable bonds is 3. The Labute approximate surface area is 119 Å². The van der Waals surface area contributed by atoms with Crippen molar-refractivity contribution in [2.24, 2.45) is 0 Å². The van der Waals surface area contributed by atoms with Crippen molar-refractivity contribution in [3.05, 3.63) is 29.8 Å². The van der Waals surface area contributed by atoms with Gasteiger partial charge in [-0.2, -0.15) is 0 Å². The molecule has 0 bridgehead atoms. The maximum Gasteiger partial charge on any atom is 0.322 e. The number of amides is 2. The number of nitrogens with zero attached hydrogens (tertiary/aromatic N) is 2. The number of carbonyl (C=O) groups is 2. The van der Waals surface area contributed by atoms with Gasteiger partial charge in [-0.3, -0.25) is 9.69 Å². The molecule has 0 aliphatic carbocycles. The van der Waals surface area contributed by atoms with Crippen molar-refractivity contribution in [3.63, 3.8) is 0 Å². The van der Waals surface area contributed by atoms with Crippen molar-refractivity contribution in [2.75, 3.05) is 38.0 Å². The standard InChI is InChI=1S/C13H15F2N3O3/c14-9-1-2-10(15)11(7-9)16-13(21)18-5-3-17(4-6-18)8-12(19)20/h1-2,7H,3-6,8H2,(H,16,21)(H,19,20). The average molecular weight is 299 g/mol. The first-order valence-corrected chi connectivity index (χ1v) is 6.41. The third-order valence-electron chi connectivity index (χ3n) is 3.19. The summed E-state index contributed by atoms with van der Waals surface area (Å²) in [6.45, 7) is 1.43. The molecule has 0 atom stereocenters. The summed E-state index contributed by atoms with van der Waals surface area (Å²) in [6, 6.07) is 2.29. The van der Waals surface area contributed by atoms with Gasteiger partial charge in [-0.1, -0.05) is 0 Å². The number of urea groups is 1.